The zero-order valence-corrected chi connectivity index (χ0v) is 19.7. The molecule has 1 aliphatic rings. The van der Waals surface area contributed by atoms with Gasteiger partial charge in [-0.2, -0.15) is 9.40 Å². The highest BCUT2D eigenvalue weighted by atomic mass is 35.5. The lowest BCUT2D eigenvalue weighted by Gasteiger charge is -2.31. The average molecular weight is 489 g/mol. The number of sulfonamides is 1. The van der Waals surface area contributed by atoms with Crippen LogP contribution in [0, 0.1) is 5.92 Å². The maximum atomic E-state index is 13.1. The van der Waals surface area contributed by atoms with Crippen LogP contribution in [0.15, 0.2) is 65.7 Å². The summed E-state index contributed by atoms with van der Waals surface area (Å²) in [6.45, 7) is 0.987. The van der Waals surface area contributed by atoms with Gasteiger partial charge >= 0.3 is 0 Å². The molecule has 1 unspecified atom stereocenters. The zero-order valence-electron chi connectivity index (χ0n) is 18.1. The van der Waals surface area contributed by atoms with Gasteiger partial charge in [-0.25, -0.2) is 13.1 Å². The van der Waals surface area contributed by atoms with Crippen molar-refractivity contribution < 1.29 is 17.9 Å². The maximum Gasteiger partial charge on any atom is 0.243 e. The van der Waals surface area contributed by atoms with Crippen molar-refractivity contribution >= 4 is 33.3 Å². The van der Waals surface area contributed by atoms with E-state index in [9.17, 15) is 13.2 Å². The van der Waals surface area contributed by atoms with Crippen molar-refractivity contribution in [3.63, 3.8) is 0 Å². The number of nitrogens with zero attached hydrogens (tertiary/aromatic N) is 3. The fourth-order valence-electron chi connectivity index (χ4n) is 3.83. The van der Waals surface area contributed by atoms with E-state index in [0.717, 1.165) is 5.56 Å². The lowest BCUT2D eigenvalue weighted by molar-refractivity contribution is -0.120. The molecule has 0 spiro atoms. The van der Waals surface area contributed by atoms with E-state index in [0.29, 0.717) is 42.5 Å². The van der Waals surface area contributed by atoms with E-state index in [4.69, 9.17) is 16.3 Å². The minimum atomic E-state index is -3.70. The Kier molecular flexibility index (Phi) is 7.02. The average Bonchev–Trinajstić information content (AvgIpc) is 3.27. The van der Waals surface area contributed by atoms with Crippen molar-refractivity contribution in [1.82, 2.24) is 14.1 Å². The third-order valence-electron chi connectivity index (χ3n) is 5.67. The molecule has 1 fully saturated rings. The molecule has 1 aromatic heterocycles. The molecule has 10 heteroatoms. The smallest absolute Gasteiger partial charge is 0.243 e. The molecule has 3 aromatic rings. The number of hydrogen-bond donors (Lipinski definition) is 1. The van der Waals surface area contributed by atoms with E-state index in [1.54, 1.807) is 41.2 Å². The van der Waals surface area contributed by atoms with Gasteiger partial charge in [0.1, 0.15) is 11.6 Å². The summed E-state index contributed by atoms with van der Waals surface area (Å²) in [5.74, 6) is 0.471. The van der Waals surface area contributed by atoms with Crippen LogP contribution in [-0.4, -0.2) is 48.6 Å². The molecule has 0 saturated carbocycles. The second-order valence-corrected chi connectivity index (χ2v) is 10.2. The number of rotatable bonds is 7. The van der Waals surface area contributed by atoms with Gasteiger partial charge in [0.15, 0.2) is 0 Å². The summed E-state index contributed by atoms with van der Waals surface area (Å²) in [5, 5.41) is 7.86. The summed E-state index contributed by atoms with van der Waals surface area (Å²) in [7, 11) is -2.17. The Morgan fingerprint density at radius 2 is 1.88 bits per heavy atom. The van der Waals surface area contributed by atoms with E-state index in [2.05, 4.69) is 10.4 Å². The molecular weight excluding hydrogens is 464 g/mol. The van der Waals surface area contributed by atoms with Gasteiger partial charge in [0.2, 0.25) is 15.9 Å². The van der Waals surface area contributed by atoms with Gasteiger partial charge < -0.3 is 10.1 Å². The Morgan fingerprint density at radius 1 is 1.15 bits per heavy atom. The summed E-state index contributed by atoms with van der Waals surface area (Å²) in [6, 6.07) is 15.4. The molecule has 1 N–H and O–H groups in total. The minimum absolute atomic E-state index is 0.130. The SMILES string of the molecule is COc1ccc(S(=O)(=O)N2CCCC(C(=O)Nc3ccnn3Cc3ccc(Cl)cc3)C2)cc1. The molecule has 1 saturated heterocycles. The fourth-order valence-corrected chi connectivity index (χ4v) is 5.48. The monoisotopic (exact) mass is 488 g/mol. The fraction of sp³-hybridized carbons (Fsp3) is 0.304. The van der Waals surface area contributed by atoms with Crippen LogP contribution < -0.4 is 10.1 Å². The number of halogens is 1. The highest BCUT2D eigenvalue weighted by Crippen LogP contribution is 2.26. The van der Waals surface area contributed by atoms with Crippen LogP contribution in [0.1, 0.15) is 18.4 Å². The Balaban J connectivity index is 1.43. The maximum absolute atomic E-state index is 13.1. The number of anilines is 1. The molecule has 8 nitrogen and oxygen atoms in total. The van der Waals surface area contributed by atoms with Crippen LogP contribution in [0.25, 0.3) is 0 Å². The van der Waals surface area contributed by atoms with E-state index >= 15 is 0 Å². The summed E-state index contributed by atoms with van der Waals surface area (Å²) in [6.07, 6.45) is 2.84. The molecule has 33 heavy (non-hydrogen) atoms. The second kappa shape index (κ2) is 9.94. The summed E-state index contributed by atoms with van der Waals surface area (Å²) in [4.78, 5) is 13.2. The van der Waals surface area contributed by atoms with Crippen molar-refractivity contribution in [3.8, 4) is 5.75 Å². The number of benzene rings is 2. The predicted octanol–water partition coefficient (Wildman–Crippen LogP) is 3.63. The summed E-state index contributed by atoms with van der Waals surface area (Å²) >= 11 is 5.94. The third kappa shape index (κ3) is 5.38. The zero-order chi connectivity index (χ0) is 23.4. The van der Waals surface area contributed by atoms with Crippen molar-refractivity contribution in [2.45, 2.75) is 24.3 Å². The summed E-state index contributed by atoms with van der Waals surface area (Å²) < 4.78 is 34.3. The molecular formula is C23H25ClN4O4S. The number of nitrogens with one attached hydrogen (secondary N) is 1. The first-order valence-corrected chi connectivity index (χ1v) is 12.4. The second-order valence-electron chi connectivity index (χ2n) is 7.87. The van der Waals surface area contributed by atoms with Gasteiger partial charge in [0.05, 0.1) is 30.7 Å². The van der Waals surface area contributed by atoms with Gasteiger partial charge in [-0.1, -0.05) is 23.7 Å². The number of carbonyl (C=O) groups excluding carboxylic acids is 1. The lowest BCUT2D eigenvalue weighted by Crippen LogP contribution is -2.43. The first kappa shape index (κ1) is 23.3. The van der Waals surface area contributed by atoms with Gasteiger partial charge in [0.25, 0.3) is 0 Å². The molecule has 2 heterocycles. The number of amides is 1. The Hall–Kier alpha value is -2.88. The standard InChI is InChI=1S/C23H25ClN4O4S/c1-32-20-8-10-21(11-9-20)33(30,31)27-14-2-3-18(16-27)23(29)26-22-12-13-25-28(22)15-17-4-6-19(24)7-5-17/h4-13,18H,2-3,14-16H2,1H3,(H,26,29). The topological polar surface area (TPSA) is 93.5 Å². The normalized spacial score (nSPS) is 17.0. The van der Waals surface area contributed by atoms with Crippen LogP contribution in [0.2, 0.25) is 5.02 Å². The minimum Gasteiger partial charge on any atom is -0.497 e. The van der Waals surface area contributed by atoms with Crippen molar-refractivity contribution in [2.75, 3.05) is 25.5 Å². The first-order chi connectivity index (χ1) is 15.9. The quantitative estimate of drug-likeness (QED) is 0.548. The van der Waals surface area contributed by atoms with Gasteiger partial charge in [-0.15, -0.1) is 0 Å². The lowest BCUT2D eigenvalue weighted by atomic mass is 9.99. The molecule has 0 radical (unpaired) electrons. The van der Waals surface area contributed by atoms with Gasteiger partial charge in [0, 0.05) is 24.2 Å². The number of ether oxygens (including phenoxy) is 1. The van der Waals surface area contributed by atoms with Crippen molar-refractivity contribution in [1.29, 1.82) is 0 Å². The Bertz CT molecular complexity index is 1210. The molecule has 1 atom stereocenters. The number of carbonyl (C=O) groups is 1. The predicted molar refractivity (Wildman–Crippen MR) is 126 cm³/mol. The molecule has 1 amide bonds. The number of piperidine rings is 1. The summed E-state index contributed by atoms with van der Waals surface area (Å²) in [5.41, 5.74) is 0.994. The highest BCUT2D eigenvalue weighted by molar-refractivity contribution is 7.89. The van der Waals surface area contributed by atoms with Crippen LogP contribution in [0.5, 0.6) is 5.75 Å². The van der Waals surface area contributed by atoms with Gasteiger partial charge in [-0.3, -0.25) is 4.79 Å². The largest absolute Gasteiger partial charge is 0.497 e. The molecule has 0 aliphatic carbocycles. The van der Waals surface area contributed by atoms with E-state index in [1.807, 2.05) is 12.1 Å². The molecule has 174 valence electrons. The molecule has 0 bridgehead atoms. The number of methoxy groups -OCH3 is 1. The number of hydrogen-bond acceptors (Lipinski definition) is 5. The Morgan fingerprint density at radius 3 is 2.58 bits per heavy atom. The van der Waals surface area contributed by atoms with E-state index in [-0.39, 0.29) is 17.3 Å². The molecule has 4 rings (SSSR count). The van der Waals surface area contributed by atoms with E-state index < -0.39 is 15.9 Å². The third-order valence-corrected chi connectivity index (χ3v) is 7.80. The Labute approximate surface area is 198 Å². The van der Waals surface area contributed by atoms with Crippen molar-refractivity contribution in [3.05, 3.63) is 71.4 Å². The van der Waals surface area contributed by atoms with Crippen LogP contribution in [0.4, 0.5) is 5.82 Å². The highest BCUT2D eigenvalue weighted by Gasteiger charge is 2.33. The van der Waals surface area contributed by atoms with Crippen LogP contribution >= 0.6 is 11.6 Å². The molecule has 2 aromatic carbocycles. The van der Waals surface area contributed by atoms with E-state index in [1.165, 1.54) is 23.5 Å². The number of aromatic nitrogens is 2. The molecule has 1 aliphatic heterocycles. The van der Waals surface area contributed by atoms with Crippen molar-refractivity contribution in [2.24, 2.45) is 5.92 Å². The first-order valence-electron chi connectivity index (χ1n) is 10.6. The van der Waals surface area contributed by atoms with Crippen LogP contribution in [0.3, 0.4) is 0 Å². The van der Waals surface area contributed by atoms with Gasteiger partial charge in [-0.05, 0) is 54.8 Å². The van der Waals surface area contributed by atoms with Crippen LogP contribution in [-0.2, 0) is 21.4 Å².